The van der Waals surface area contributed by atoms with Gasteiger partial charge in [0.1, 0.15) is 22.8 Å². The molecule has 9 nitrogen and oxygen atoms in total. The zero-order chi connectivity index (χ0) is 26.6. The van der Waals surface area contributed by atoms with E-state index < -0.39 is 11.6 Å². The minimum atomic E-state index is -1.01. The summed E-state index contributed by atoms with van der Waals surface area (Å²) in [7, 11) is 1.47. The number of benzene rings is 1. The van der Waals surface area contributed by atoms with Crippen LogP contribution in [-0.2, 0) is 0 Å². The second kappa shape index (κ2) is 9.45. The molecule has 1 saturated heterocycles. The molecule has 2 aromatic rings. The molecule has 4 saturated carbocycles. The number of carbonyl (C=O) groups excluding carboxylic acids is 1. The number of aliphatic hydroxyl groups is 1. The fourth-order valence-corrected chi connectivity index (χ4v) is 7.74. The van der Waals surface area contributed by atoms with E-state index in [4.69, 9.17) is 9.72 Å². The van der Waals surface area contributed by atoms with Gasteiger partial charge in [0.25, 0.3) is 5.91 Å². The summed E-state index contributed by atoms with van der Waals surface area (Å²) in [6.45, 7) is 4.20. The first-order chi connectivity index (χ1) is 18.2. The summed E-state index contributed by atoms with van der Waals surface area (Å²) in [5, 5.41) is 23.7. The molecule has 1 amide bonds. The highest BCUT2D eigenvalue weighted by Crippen LogP contribution is 2.55. The lowest BCUT2D eigenvalue weighted by molar-refractivity contribution is -0.136. The van der Waals surface area contributed by atoms with Gasteiger partial charge in [-0.15, -0.1) is 0 Å². The summed E-state index contributed by atoms with van der Waals surface area (Å²) >= 11 is 0. The molecule has 0 spiro atoms. The van der Waals surface area contributed by atoms with Crippen LogP contribution in [0, 0.1) is 17.8 Å². The van der Waals surface area contributed by atoms with Crippen LogP contribution in [0.2, 0.25) is 0 Å². The van der Waals surface area contributed by atoms with E-state index in [-0.39, 0.29) is 23.6 Å². The zero-order valence-corrected chi connectivity index (χ0v) is 22.0. The molecule has 1 aliphatic heterocycles. The monoisotopic (exact) mass is 520 g/mol. The zero-order valence-electron chi connectivity index (χ0n) is 22.0. The van der Waals surface area contributed by atoms with E-state index in [1.807, 2.05) is 18.2 Å². The Balaban J connectivity index is 1.13. The third kappa shape index (κ3) is 4.46. The number of rotatable bonds is 6. The highest BCUT2D eigenvalue weighted by Gasteiger charge is 2.55. The Labute approximate surface area is 222 Å². The number of nitrogens with zero attached hydrogens (tertiary/aromatic N) is 3. The predicted octanol–water partition coefficient (Wildman–Crippen LogP) is 3.17. The molecule has 1 aromatic heterocycles. The van der Waals surface area contributed by atoms with Gasteiger partial charge in [-0.05, 0) is 87.1 Å². The van der Waals surface area contributed by atoms with Gasteiger partial charge in [-0.1, -0.05) is 6.07 Å². The number of methoxy groups -OCH3 is 1. The number of aromatic carboxylic acids is 1. The number of nitrogens with one attached hydrogen (secondary N) is 1. The largest absolute Gasteiger partial charge is 0.496 e. The van der Waals surface area contributed by atoms with Gasteiger partial charge < -0.3 is 30.1 Å². The maximum atomic E-state index is 13.3. The summed E-state index contributed by atoms with van der Waals surface area (Å²) in [5.74, 6) is 1.26. The summed E-state index contributed by atoms with van der Waals surface area (Å²) < 4.78 is 5.20. The van der Waals surface area contributed by atoms with Crippen LogP contribution in [-0.4, -0.2) is 71.5 Å². The molecule has 1 aromatic carbocycles. The number of carboxylic acid groups (broad SMARTS) is 1. The van der Waals surface area contributed by atoms with Crippen molar-refractivity contribution in [3.05, 3.63) is 47.7 Å². The van der Waals surface area contributed by atoms with Gasteiger partial charge in [-0.3, -0.25) is 4.79 Å². The maximum Gasteiger partial charge on any atom is 0.339 e. The number of carbonyl (C=O) groups is 2. The topological polar surface area (TPSA) is 115 Å². The van der Waals surface area contributed by atoms with Crippen LogP contribution in [0.4, 0.5) is 11.5 Å². The SMILES string of the molecule is COc1ccc(N2CCN(c3cccc(C(=O)NC4C5CC6CC4CC(O)(C6)C5)n3)[C@H](C)C2)cc1C(=O)O. The third-order valence-electron chi connectivity index (χ3n) is 9.21. The van der Waals surface area contributed by atoms with Crippen molar-refractivity contribution in [1.29, 1.82) is 0 Å². The second-order valence-electron chi connectivity index (χ2n) is 11.8. The van der Waals surface area contributed by atoms with Crippen molar-refractivity contribution in [2.24, 2.45) is 17.8 Å². The van der Waals surface area contributed by atoms with Crippen molar-refractivity contribution in [3.8, 4) is 5.75 Å². The lowest BCUT2D eigenvalue weighted by Gasteiger charge is -2.58. The Morgan fingerprint density at radius 2 is 1.87 bits per heavy atom. The van der Waals surface area contributed by atoms with Crippen LogP contribution >= 0.6 is 0 Å². The Kier molecular flexibility index (Phi) is 6.21. The standard InChI is InChI=1S/C29H36N4O5/c1-17-16-32(21-6-7-24(38-2)22(12-21)28(35)36)8-9-33(17)25-5-3-4-23(30-25)27(34)31-26-19-10-18-11-20(26)15-29(37,13-18)14-19/h3-7,12,17-20,26,37H,8-11,13-16H2,1-2H3,(H,31,34)(H,35,36)/t17-,18?,19?,20?,26?,29?/m1/s1. The number of hydrogen-bond donors (Lipinski definition) is 3. The molecule has 5 aliphatic rings. The number of ether oxygens (including phenoxy) is 1. The molecule has 3 N–H and O–H groups in total. The van der Waals surface area contributed by atoms with E-state index in [2.05, 4.69) is 22.0 Å². The number of pyridine rings is 1. The van der Waals surface area contributed by atoms with Gasteiger partial charge in [-0.25, -0.2) is 9.78 Å². The molecule has 2 heterocycles. The van der Waals surface area contributed by atoms with E-state index in [1.54, 1.807) is 18.2 Å². The second-order valence-corrected chi connectivity index (χ2v) is 11.8. The number of piperazine rings is 1. The highest BCUT2D eigenvalue weighted by atomic mass is 16.5. The van der Waals surface area contributed by atoms with Crippen molar-refractivity contribution < 1.29 is 24.5 Å². The molecule has 5 fully saturated rings. The number of carboxylic acids is 1. The molecule has 7 rings (SSSR count). The van der Waals surface area contributed by atoms with Crippen LogP contribution in [0.15, 0.2) is 36.4 Å². The minimum absolute atomic E-state index is 0.107. The van der Waals surface area contributed by atoms with Crippen LogP contribution in [0.5, 0.6) is 5.75 Å². The van der Waals surface area contributed by atoms with Gasteiger partial charge in [0.2, 0.25) is 0 Å². The molecular formula is C29H36N4O5. The van der Waals surface area contributed by atoms with E-state index in [0.29, 0.717) is 48.8 Å². The first kappa shape index (κ1) is 25.0. The molecule has 2 unspecified atom stereocenters. The van der Waals surface area contributed by atoms with Gasteiger partial charge in [-0.2, -0.15) is 0 Å². The molecule has 0 radical (unpaired) electrons. The molecular weight excluding hydrogens is 484 g/mol. The first-order valence-corrected chi connectivity index (χ1v) is 13.7. The summed E-state index contributed by atoms with van der Waals surface area (Å²) in [5.41, 5.74) is 0.894. The van der Waals surface area contributed by atoms with E-state index in [1.165, 1.54) is 7.11 Å². The summed E-state index contributed by atoms with van der Waals surface area (Å²) in [4.78, 5) is 34.1. The van der Waals surface area contributed by atoms with Crippen LogP contribution in [0.3, 0.4) is 0 Å². The molecule has 4 aliphatic carbocycles. The first-order valence-electron chi connectivity index (χ1n) is 13.7. The van der Waals surface area contributed by atoms with E-state index in [9.17, 15) is 19.8 Å². The van der Waals surface area contributed by atoms with Crippen LogP contribution in [0.25, 0.3) is 0 Å². The Bertz CT molecular complexity index is 1240. The molecule has 9 heteroatoms. The fourth-order valence-electron chi connectivity index (χ4n) is 7.74. The van der Waals surface area contributed by atoms with Gasteiger partial charge >= 0.3 is 5.97 Å². The van der Waals surface area contributed by atoms with Gasteiger partial charge in [0, 0.05) is 37.4 Å². The third-order valence-corrected chi connectivity index (χ3v) is 9.21. The average molecular weight is 521 g/mol. The highest BCUT2D eigenvalue weighted by molar-refractivity contribution is 5.93. The van der Waals surface area contributed by atoms with E-state index in [0.717, 1.165) is 43.6 Å². The Morgan fingerprint density at radius 3 is 2.53 bits per heavy atom. The smallest absolute Gasteiger partial charge is 0.339 e. The normalized spacial score (nSPS) is 31.8. The van der Waals surface area contributed by atoms with Gasteiger partial charge in [0.15, 0.2) is 0 Å². The fraction of sp³-hybridized carbons (Fsp3) is 0.552. The van der Waals surface area contributed by atoms with Crippen molar-refractivity contribution >= 4 is 23.4 Å². The van der Waals surface area contributed by atoms with Crippen molar-refractivity contribution in [2.75, 3.05) is 36.5 Å². The molecule has 4 bridgehead atoms. The van der Waals surface area contributed by atoms with E-state index >= 15 is 0 Å². The molecule has 38 heavy (non-hydrogen) atoms. The average Bonchev–Trinajstić information content (AvgIpc) is 2.89. The van der Waals surface area contributed by atoms with Crippen molar-refractivity contribution in [2.45, 2.75) is 56.7 Å². The Hall–Kier alpha value is -3.33. The summed E-state index contributed by atoms with van der Waals surface area (Å²) in [6, 6.07) is 11.1. The lowest BCUT2D eigenvalue weighted by atomic mass is 9.52. The predicted molar refractivity (Wildman–Crippen MR) is 143 cm³/mol. The lowest BCUT2D eigenvalue weighted by Crippen LogP contribution is -2.61. The maximum absolute atomic E-state index is 13.3. The number of hydrogen-bond acceptors (Lipinski definition) is 7. The number of amides is 1. The van der Waals surface area contributed by atoms with Crippen molar-refractivity contribution in [3.63, 3.8) is 0 Å². The van der Waals surface area contributed by atoms with Gasteiger partial charge in [0.05, 0.1) is 12.7 Å². The quantitative estimate of drug-likeness (QED) is 0.532. The number of anilines is 2. The summed E-state index contributed by atoms with van der Waals surface area (Å²) in [6.07, 6.45) is 4.71. The minimum Gasteiger partial charge on any atom is -0.496 e. The van der Waals surface area contributed by atoms with Crippen molar-refractivity contribution in [1.82, 2.24) is 10.3 Å². The molecule has 202 valence electrons. The number of aromatic nitrogens is 1. The van der Waals surface area contributed by atoms with Crippen LogP contribution in [0.1, 0.15) is 59.9 Å². The van der Waals surface area contributed by atoms with Crippen LogP contribution < -0.4 is 19.9 Å². The Morgan fingerprint density at radius 1 is 1.11 bits per heavy atom. The molecule has 3 atom stereocenters.